The Bertz CT molecular complexity index is 142. The molecule has 2 rings (SSSR count). The smallest absolute Gasteiger partial charge is 0.0547 e. The summed E-state index contributed by atoms with van der Waals surface area (Å²) in [5.41, 5.74) is 0.555. The molecular weight excluding hydrogens is 186 g/mol. The van der Waals surface area contributed by atoms with Crippen LogP contribution in [0, 0.1) is 5.41 Å². The molecule has 0 amide bonds. The van der Waals surface area contributed by atoms with Gasteiger partial charge in [0.25, 0.3) is 0 Å². The quantitative estimate of drug-likeness (QED) is 0.613. The average molecular weight is 213 g/mol. The first-order valence-electron chi connectivity index (χ1n) is 6.50. The molecule has 15 heavy (non-hydrogen) atoms. The van der Waals surface area contributed by atoms with E-state index in [0.717, 1.165) is 6.61 Å². The van der Waals surface area contributed by atoms with Crippen molar-refractivity contribution >= 4 is 0 Å². The fraction of sp³-hybridized carbons (Fsp3) is 1.00. The molecule has 2 fully saturated rings. The number of ether oxygens (including phenoxy) is 1. The van der Waals surface area contributed by atoms with Crippen molar-refractivity contribution in [3.05, 3.63) is 0 Å². The van der Waals surface area contributed by atoms with Crippen LogP contribution in [0.1, 0.15) is 46.5 Å². The van der Waals surface area contributed by atoms with Crippen LogP contribution in [-0.2, 0) is 4.74 Å². The van der Waals surface area contributed by atoms with Crippen LogP contribution in [0.3, 0.4) is 0 Å². The van der Waals surface area contributed by atoms with E-state index in [1.165, 1.54) is 38.8 Å². The second-order valence-electron chi connectivity index (χ2n) is 4.96. The van der Waals surface area contributed by atoms with Crippen molar-refractivity contribution in [2.45, 2.75) is 52.6 Å². The number of hydrogen-bond acceptors (Lipinski definition) is 2. The first-order valence-corrected chi connectivity index (χ1v) is 6.50. The fourth-order valence-electron chi connectivity index (χ4n) is 2.47. The molecule has 2 heteroatoms. The second kappa shape index (κ2) is 5.86. The van der Waals surface area contributed by atoms with Crippen molar-refractivity contribution < 1.29 is 4.74 Å². The van der Waals surface area contributed by atoms with Gasteiger partial charge in [-0.05, 0) is 58.2 Å². The SMILES string of the molecule is CC.CC1CCC2(CCN(C)CC2)CO1. The summed E-state index contributed by atoms with van der Waals surface area (Å²) in [6, 6.07) is 0. The van der Waals surface area contributed by atoms with E-state index in [-0.39, 0.29) is 0 Å². The molecule has 0 bridgehead atoms. The van der Waals surface area contributed by atoms with Gasteiger partial charge in [0.1, 0.15) is 0 Å². The zero-order chi connectivity index (χ0) is 11.3. The van der Waals surface area contributed by atoms with Crippen molar-refractivity contribution in [3.8, 4) is 0 Å². The van der Waals surface area contributed by atoms with Crippen molar-refractivity contribution in [2.75, 3.05) is 26.7 Å². The summed E-state index contributed by atoms with van der Waals surface area (Å²) in [4.78, 5) is 2.43. The van der Waals surface area contributed by atoms with Gasteiger partial charge in [-0.3, -0.25) is 0 Å². The van der Waals surface area contributed by atoms with Crippen LogP contribution in [0.4, 0.5) is 0 Å². The zero-order valence-corrected chi connectivity index (χ0v) is 10.9. The van der Waals surface area contributed by atoms with E-state index in [9.17, 15) is 0 Å². The molecule has 90 valence electrons. The molecule has 0 saturated carbocycles. The van der Waals surface area contributed by atoms with Gasteiger partial charge < -0.3 is 9.64 Å². The Balaban J connectivity index is 0.000000531. The molecule has 2 aliphatic heterocycles. The molecule has 2 nitrogen and oxygen atoms in total. The van der Waals surface area contributed by atoms with E-state index in [2.05, 4.69) is 18.9 Å². The Hall–Kier alpha value is -0.0800. The van der Waals surface area contributed by atoms with Gasteiger partial charge in [-0.15, -0.1) is 0 Å². The number of piperidine rings is 1. The minimum Gasteiger partial charge on any atom is -0.378 e. The third kappa shape index (κ3) is 3.46. The van der Waals surface area contributed by atoms with Crippen LogP contribution in [0.5, 0.6) is 0 Å². The maximum Gasteiger partial charge on any atom is 0.0547 e. The predicted molar refractivity (Wildman–Crippen MR) is 65.2 cm³/mol. The van der Waals surface area contributed by atoms with Crippen molar-refractivity contribution in [1.29, 1.82) is 0 Å². The van der Waals surface area contributed by atoms with E-state index in [1.54, 1.807) is 0 Å². The molecule has 0 aliphatic carbocycles. The topological polar surface area (TPSA) is 12.5 Å². The van der Waals surface area contributed by atoms with Gasteiger partial charge in [0.15, 0.2) is 0 Å². The molecule has 0 aromatic heterocycles. The van der Waals surface area contributed by atoms with Gasteiger partial charge in [-0.2, -0.15) is 0 Å². The molecule has 2 heterocycles. The predicted octanol–water partition coefficient (Wildman–Crippen LogP) is 2.92. The number of rotatable bonds is 0. The van der Waals surface area contributed by atoms with E-state index < -0.39 is 0 Å². The lowest BCUT2D eigenvalue weighted by Crippen LogP contribution is -2.44. The van der Waals surface area contributed by atoms with Crippen LogP contribution < -0.4 is 0 Å². The number of likely N-dealkylation sites (tertiary alicyclic amines) is 1. The molecule has 0 aromatic carbocycles. The highest BCUT2D eigenvalue weighted by molar-refractivity contribution is 4.88. The maximum atomic E-state index is 5.79. The summed E-state index contributed by atoms with van der Waals surface area (Å²) < 4.78 is 5.79. The summed E-state index contributed by atoms with van der Waals surface area (Å²) in [6.45, 7) is 9.74. The molecule has 1 atom stereocenters. The molecule has 2 aliphatic rings. The molecule has 0 radical (unpaired) electrons. The van der Waals surface area contributed by atoms with Gasteiger partial charge in [-0.25, -0.2) is 0 Å². The average Bonchev–Trinajstić information content (AvgIpc) is 2.30. The van der Waals surface area contributed by atoms with Crippen LogP contribution in [0.25, 0.3) is 0 Å². The van der Waals surface area contributed by atoms with Crippen molar-refractivity contribution in [1.82, 2.24) is 4.90 Å². The second-order valence-corrected chi connectivity index (χ2v) is 4.96. The first-order chi connectivity index (χ1) is 7.20. The third-order valence-corrected chi connectivity index (χ3v) is 3.80. The molecule has 2 saturated heterocycles. The van der Waals surface area contributed by atoms with Crippen molar-refractivity contribution in [2.24, 2.45) is 5.41 Å². The van der Waals surface area contributed by atoms with Gasteiger partial charge >= 0.3 is 0 Å². The number of nitrogens with zero attached hydrogens (tertiary/aromatic N) is 1. The van der Waals surface area contributed by atoms with E-state index >= 15 is 0 Å². The molecular formula is C13H27NO. The van der Waals surface area contributed by atoms with Crippen LogP contribution in [0.2, 0.25) is 0 Å². The van der Waals surface area contributed by atoms with Crippen LogP contribution in [-0.4, -0.2) is 37.7 Å². The summed E-state index contributed by atoms with van der Waals surface area (Å²) in [6.07, 6.45) is 5.85. The van der Waals surface area contributed by atoms with E-state index in [0.29, 0.717) is 11.5 Å². The Morgan fingerprint density at radius 3 is 2.20 bits per heavy atom. The Kier molecular flexibility index (Phi) is 5.07. The lowest BCUT2D eigenvalue weighted by Gasteiger charge is -2.44. The van der Waals surface area contributed by atoms with Gasteiger partial charge in [0.05, 0.1) is 12.7 Å². The summed E-state index contributed by atoms with van der Waals surface area (Å²) in [5, 5.41) is 0. The van der Waals surface area contributed by atoms with Crippen molar-refractivity contribution in [3.63, 3.8) is 0 Å². The van der Waals surface area contributed by atoms with Gasteiger partial charge in [0, 0.05) is 0 Å². The number of hydrogen-bond donors (Lipinski definition) is 0. The third-order valence-electron chi connectivity index (χ3n) is 3.80. The summed E-state index contributed by atoms with van der Waals surface area (Å²) in [7, 11) is 2.22. The highest BCUT2D eigenvalue weighted by atomic mass is 16.5. The largest absolute Gasteiger partial charge is 0.378 e. The summed E-state index contributed by atoms with van der Waals surface area (Å²) >= 11 is 0. The maximum absolute atomic E-state index is 5.79. The molecule has 0 N–H and O–H groups in total. The molecule has 1 unspecified atom stereocenters. The van der Waals surface area contributed by atoms with Gasteiger partial charge in [-0.1, -0.05) is 13.8 Å². The Labute approximate surface area is 95.0 Å². The molecule has 0 aromatic rings. The minimum atomic E-state index is 0.505. The van der Waals surface area contributed by atoms with Crippen LogP contribution in [0.15, 0.2) is 0 Å². The highest BCUT2D eigenvalue weighted by Gasteiger charge is 2.36. The van der Waals surface area contributed by atoms with Crippen LogP contribution >= 0.6 is 0 Å². The normalized spacial score (nSPS) is 30.8. The Morgan fingerprint density at radius 2 is 1.73 bits per heavy atom. The van der Waals surface area contributed by atoms with Gasteiger partial charge in [0.2, 0.25) is 0 Å². The zero-order valence-electron chi connectivity index (χ0n) is 10.9. The first kappa shape index (κ1) is 13.0. The highest BCUT2D eigenvalue weighted by Crippen LogP contribution is 2.39. The van der Waals surface area contributed by atoms with E-state index in [1.807, 2.05) is 13.8 Å². The lowest BCUT2D eigenvalue weighted by atomic mass is 9.74. The molecule has 1 spiro atoms. The lowest BCUT2D eigenvalue weighted by molar-refractivity contribution is -0.0767. The fourth-order valence-corrected chi connectivity index (χ4v) is 2.47. The Morgan fingerprint density at radius 1 is 1.13 bits per heavy atom. The van der Waals surface area contributed by atoms with E-state index in [4.69, 9.17) is 4.74 Å². The summed E-state index contributed by atoms with van der Waals surface area (Å²) in [5.74, 6) is 0. The monoisotopic (exact) mass is 213 g/mol. The standard InChI is InChI=1S/C11H21NO.C2H6/c1-10-3-4-11(9-13-10)5-7-12(2)8-6-11;1-2/h10H,3-9H2,1-2H3;1-2H3. The minimum absolute atomic E-state index is 0.505.